The molecule has 0 amide bonds. The Balaban J connectivity index is 2.40. The lowest BCUT2D eigenvalue weighted by atomic mass is 10.1. The number of aliphatic hydroxyl groups is 1. The Morgan fingerprint density at radius 2 is 2.20 bits per heavy atom. The normalized spacial score (nSPS) is 13.1. The van der Waals surface area contributed by atoms with Crippen LogP contribution in [0.4, 0.5) is 0 Å². The average Bonchev–Trinajstić information content (AvgIpc) is 2.71. The van der Waals surface area contributed by atoms with E-state index in [9.17, 15) is 5.11 Å². The Kier molecular flexibility index (Phi) is 2.87. The molecule has 2 heterocycles. The first-order valence-electron chi connectivity index (χ1n) is 4.57. The van der Waals surface area contributed by atoms with Crippen molar-refractivity contribution in [3.63, 3.8) is 0 Å². The highest BCUT2D eigenvalue weighted by Gasteiger charge is 2.19. The lowest BCUT2D eigenvalue weighted by Crippen LogP contribution is -1.97. The van der Waals surface area contributed by atoms with Gasteiger partial charge in [-0.1, -0.05) is 11.6 Å². The van der Waals surface area contributed by atoms with Gasteiger partial charge in [0.15, 0.2) is 0 Å². The number of aryl methyl sites for hydroxylation is 2. The van der Waals surface area contributed by atoms with Crippen molar-refractivity contribution in [3.05, 3.63) is 44.5 Å². The molecular formula is C11H11ClO2S. The maximum atomic E-state index is 10.1. The summed E-state index contributed by atoms with van der Waals surface area (Å²) in [6, 6.07) is 3.63. The molecule has 2 aromatic heterocycles. The van der Waals surface area contributed by atoms with Crippen LogP contribution in [0.2, 0.25) is 5.02 Å². The van der Waals surface area contributed by atoms with E-state index in [4.69, 9.17) is 16.0 Å². The molecule has 2 nitrogen and oxygen atoms in total. The Bertz CT molecular complexity index is 473. The number of aliphatic hydroxyl groups excluding tert-OH is 1. The minimum Gasteiger partial charge on any atom is -0.466 e. The highest BCUT2D eigenvalue weighted by atomic mass is 35.5. The quantitative estimate of drug-likeness (QED) is 0.871. The topological polar surface area (TPSA) is 33.4 Å². The molecule has 0 radical (unpaired) electrons. The summed E-state index contributed by atoms with van der Waals surface area (Å²) in [7, 11) is 0. The number of halogens is 1. The first-order chi connectivity index (χ1) is 7.09. The van der Waals surface area contributed by atoms with E-state index < -0.39 is 6.10 Å². The predicted octanol–water partition coefficient (Wildman–Crippen LogP) is 3.69. The molecule has 2 rings (SSSR count). The van der Waals surface area contributed by atoms with Gasteiger partial charge in [0, 0.05) is 5.56 Å². The molecule has 0 aliphatic heterocycles. The maximum absolute atomic E-state index is 10.1. The van der Waals surface area contributed by atoms with Gasteiger partial charge in [-0.25, -0.2) is 0 Å². The fraction of sp³-hybridized carbons (Fsp3) is 0.273. The first-order valence-corrected chi connectivity index (χ1v) is 5.83. The fourth-order valence-electron chi connectivity index (χ4n) is 1.56. The van der Waals surface area contributed by atoms with Crippen LogP contribution in [0.25, 0.3) is 0 Å². The van der Waals surface area contributed by atoms with Crippen LogP contribution in [0, 0.1) is 13.8 Å². The number of hydrogen-bond donors (Lipinski definition) is 1. The van der Waals surface area contributed by atoms with E-state index >= 15 is 0 Å². The summed E-state index contributed by atoms with van der Waals surface area (Å²) in [5.74, 6) is 1.54. The van der Waals surface area contributed by atoms with Crippen molar-refractivity contribution in [2.45, 2.75) is 20.0 Å². The van der Waals surface area contributed by atoms with Crippen molar-refractivity contribution in [1.29, 1.82) is 0 Å². The van der Waals surface area contributed by atoms with Crippen LogP contribution < -0.4 is 0 Å². The molecule has 1 N–H and O–H groups in total. The number of thiophene rings is 1. The summed E-state index contributed by atoms with van der Waals surface area (Å²) in [6.45, 7) is 3.70. The molecule has 0 aromatic carbocycles. The second kappa shape index (κ2) is 4.00. The van der Waals surface area contributed by atoms with Crippen molar-refractivity contribution < 1.29 is 9.52 Å². The van der Waals surface area contributed by atoms with Gasteiger partial charge in [-0.2, -0.15) is 0 Å². The highest BCUT2D eigenvalue weighted by molar-refractivity contribution is 7.10. The zero-order chi connectivity index (χ0) is 11.0. The van der Waals surface area contributed by atoms with Crippen LogP contribution in [-0.2, 0) is 0 Å². The van der Waals surface area contributed by atoms with Gasteiger partial charge in [0.25, 0.3) is 0 Å². The third kappa shape index (κ3) is 1.95. The molecule has 15 heavy (non-hydrogen) atoms. The molecule has 0 aliphatic rings. The zero-order valence-electron chi connectivity index (χ0n) is 8.45. The Labute approximate surface area is 97.1 Å². The summed E-state index contributed by atoms with van der Waals surface area (Å²) in [6.07, 6.45) is -0.685. The molecule has 0 saturated carbocycles. The van der Waals surface area contributed by atoms with Crippen LogP contribution in [0.3, 0.4) is 0 Å². The van der Waals surface area contributed by atoms with Gasteiger partial charge in [0.2, 0.25) is 0 Å². The minimum atomic E-state index is -0.685. The number of furan rings is 1. The molecule has 80 valence electrons. The van der Waals surface area contributed by atoms with Crippen LogP contribution in [0.5, 0.6) is 0 Å². The molecule has 0 aliphatic carbocycles. The lowest BCUT2D eigenvalue weighted by Gasteiger charge is -2.07. The van der Waals surface area contributed by atoms with E-state index in [-0.39, 0.29) is 0 Å². The van der Waals surface area contributed by atoms with E-state index in [1.807, 2.05) is 25.3 Å². The first kappa shape index (κ1) is 10.7. The molecule has 2 aromatic rings. The smallest absolute Gasteiger partial charge is 0.118 e. The number of rotatable bonds is 2. The third-order valence-electron chi connectivity index (χ3n) is 2.27. The standard InChI is InChI=1S/C11H11ClO2S/c1-6-5-8(7(2)14-6)10(13)11-9(12)3-4-15-11/h3-5,10,13H,1-2H3. The van der Waals surface area contributed by atoms with E-state index in [1.165, 1.54) is 11.3 Å². The van der Waals surface area contributed by atoms with E-state index in [2.05, 4.69) is 0 Å². The zero-order valence-corrected chi connectivity index (χ0v) is 10.0. The molecule has 1 unspecified atom stereocenters. The van der Waals surface area contributed by atoms with Crippen molar-refractivity contribution >= 4 is 22.9 Å². The van der Waals surface area contributed by atoms with E-state index in [0.717, 1.165) is 22.0 Å². The monoisotopic (exact) mass is 242 g/mol. The minimum absolute atomic E-state index is 0.603. The largest absolute Gasteiger partial charge is 0.466 e. The van der Waals surface area contributed by atoms with E-state index in [0.29, 0.717) is 5.02 Å². The van der Waals surface area contributed by atoms with Gasteiger partial charge < -0.3 is 9.52 Å². The van der Waals surface area contributed by atoms with Crippen molar-refractivity contribution in [3.8, 4) is 0 Å². The SMILES string of the molecule is Cc1cc(C(O)c2sccc2Cl)c(C)o1. The fourth-order valence-corrected chi connectivity index (χ4v) is 2.73. The summed E-state index contributed by atoms with van der Waals surface area (Å²) in [4.78, 5) is 0.764. The van der Waals surface area contributed by atoms with Gasteiger partial charge in [0.1, 0.15) is 17.6 Å². The molecule has 4 heteroatoms. The third-order valence-corrected chi connectivity index (χ3v) is 3.68. The summed E-state index contributed by atoms with van der Waals surface area (Å²) < 4.78 is 5.38. The van der Waals surface area contributed by atoms with Gasteiger partial charge in [-0.3, -0.25) is 0 Å². The second-order valence-corrected chi connectivity index (χ2v) is 4.76. The van der Waals surface area contributed by atoms with Crippen molar-refractivity contribution in [2.75, 3.05) is 0 Å². The van der Waals surface area contributed by atoms with Crippen LogP contribution in [0.15, 0.2) is 21.9 Å². The summed E-state index contributed by atoms with van der Waals surface area (Å²) >= 11 is 7.41. The van der Waals surface area contributed by atoms with Gasteiger partial charge in [0.05, 0.1) is 9.90 Å². The van der Waals surface area contributed by atoms with Crippen LogP contribution in [-0.4, -0.2) is 5.11 Å². The summed E-state index contributed by atoms with van der Waals surface area (Å²) in [5, 5.41) is 12.6. The molecule has 0 bridgehead atoms. The van der Waals surface area contributed by atoms with Gasteiger partial charge in [-0.15, -0.1) is 11.3 Å². The summed E-state index contributed by atoms with van der Waals surface area (Å²) in [5.41, 5.74) is 0.789. The van der Waals surface area contributed by atoms with Gasteiger partial charge >= 0.3 is 0 Å². The highest BCUT2D eigenvalue weighted by Crippen LogP contribution is 2.34. The average molecular weight is 243 g/mol. The Morgan fingerprint density at radius 1 is 1.47 bits per heavy atom. The van der Waals surface area contributed by atoms with Crippen LogP contribution in [0.1, 0.15) is 28.1 Å². The molecule has 0 spiro atoms. The molecule has 1 atom stereocenters. The number of hydrogen-bond acceptors (Lipinski definition) is 3. The van der Waals surface area contributed by atoms with Crippen molar-refractivity contribution in [1.82, 2.24) is 0 Å². The Morgan fingerprint density at radius 3 is 2.67 bits per heavy atom. The molecular weight excluding hydrogens is 232 g/mol. The van der Waals surface area contributed by atoms with E-state index in [1.54, 1.807) is 6.07 Å². The van der Waals surface area contributed by atoms with Crippen molar-refractivity contribution in [2.24, 2.45) is 0 Å². The Hall–Kier alpha value is -0.770. The second-order valence-electron chi connectivity index (χ2n) is 3.40. The predicted molar refractivity (Wildman–Crippen MR) is 61.6 cm³/mol. The lowest BCUT2D eigenvalue weighted by molar-refractivity contribution is 0.222. The van der Waals surface area contributed by atoms with Crippen LogP contribution >= 0.6 is 22.9 Å². The maximum Gasteiger partial charge on any atom is 0.118 e. The van der Waals surface area contributed by atoms with Gasteiger partial charge in [-0.05, 0) is 31.4 Å². The molecule has 0 saturated heterocycles. The molecule has 0 fully saturated rings.